The first-order chi connectivity index (χ1) is 14.5. The second-order valence-electron chi connectivity index (χ2n) is 7.59. The third-order valence-electron chi connectivity index (χ3n) is 5.44. The summed E-state index contributed by atoms with van der Waals surface area (Å²) >= 11 is 0. The zero-order valence-electron chi connectivity index (χ0n) is 16.5. The molecular weight excluding hydrogens is 387 g/mol. The maximum Gasteiger partial charge on any atom is 0.299 e. The molecular formula is C21H21FN6O2. The molecule has 4 heterocycles. The molecule has 0 bridgehead atoms. The molecule has 1 aromatic carbocycles. The van der Waals surface area contributed by atoms with Crippen LogP contribution in [0.3, 0.4) is 0 Å². The first kappa shape index (κ1) is 18.5. The lowest BCUT2D eigenvalue weighted by atomic mass is 9.96. The zero-order valence-corrected chi connectivity index (χ0v) is 16.5. The Balaban J connectivity index is 1.17. The van der Waals surface area contributed by atoms with E-state index in [1.54, 1.807) is 6.07 Å². The minimum absolute atomic E-state index is 0.00357. The van der Waals surface area contributed by atoms with E-state index in [1.807, 2.05) is 19.1 Å². The molecule has 154 valence electrons. The summed E-state index contributed by atoms with van der Waals surface area (Å²) in [5, 5.41) is 2.93. The Morgan fingerprint density at radius 3 is 2.90 bits per heavy atom. The highest BCUT2D eigenvalue weighted by Crippen LogP contribution is 2.26. The molecule has 1 saturated heterocycles. The Labute approximate surface area is 171 Å². The standard InChI is InChI=1S/C21H21FN6O2/c1-12-2-5-17-19(24-12)27-21(30-17)28-8-6-13(7-9-28)20(29)23-11-18-25-15-4-3-14(22)10-16(15)26-18/h2-5,10,13H,6-9,11H2,1H3,(H,23,29)(H,25,26). The summed E-state index contributed by atoms with van der Waals surface area (Å²) in [7, 11) is 0. The number of pyridine rings is 1. The Morgan fingerprint density at radius 1 is 1.23 bits per heavy atom. The lowest BCUT2D eigenvalue weighted by Gasteiger charge is -2.29. The average Bonchev–Trinajstić information content (AvgIpc) is 3.35. The number of H-pyrrole nitrogens is 1. The Bertz CT molecular complexity index is 1220. The number of hydrogen-bond acceptors (Lipinski definition) is 6. The van der Waals surface area contributed by atoms with E-state index in [4.69, 9.17) is 4.42 Å². The van der Waals surface area contributed by atoms with Crippen LogP contribution in [0.4, 0.5) is 10.4 Å². The summed E-state index contributed by atoms with van der Waals surface area (Å²) in [6.07, 6.45) is 1.42. The molecule has 1 aliphatic heterocycles. The van der Waals surface area contributed by atoms with Gasteiger partial charge >= 0.3 is 0 Å². The van der Waals surface area contributed by atoms with E-state index in [9.17, 15) is 9.18 Å². The molecule has 4 aromatic rings. The zero-order chi connectivity index (χ0) is 20.7. The van der Waals surface area contributed by atoms with Crippen molar-refractivity contribution in [1.29, 1.82) is 0 Å². The van der Waals surface area contributed by atoms with Gasteiger partial charge in [-0.15, -0.1) is 0 Å². The van der Waals surface area contributed by atoms with Gasteiger partial charge in [-0.2, -0.15) is 4.98 Å². The van der Waals surface area contributed by atoms with Crippen LogP contribution in [0.5, 0.6) is 0 Å². The number of aryl methyl sites for hydroxylation is 1. The van der Waals surface area contributed by atoms with Gasteiger partial charge in [-0.1, -0.05) is 0 Å². The molecule has 0 radical (unpaired) electrons. The van der Waals surface area contributed by atoms with Gasteiger partial charge in [0.2, 0.25) is 11.6 Å². The number of rotatable bonds is 4. The first-order valence-electron chi connectivity index (χ1n) is 9.96. The number of hydrogen-bond donors (Lipinski definition) is 2. The molecule has 1 amide bonds. The van der Waals surface area contributed by atoms with Crippen molar-refractivity contribution in [2.75, 3.05) is 18.0 Å². The summed E-state index contributed by atoms with van der Waals surface area (Å²) in [5.41, 5.74) is 3.47. The van der Waals surface area contributed by atoms with Gasteiger partial charge in [0.05, 0.1) is 17.6 Å². The van der Waals surface area contributed by atoms with Gasteiger partial charge in [-0.05, 0) is 50.1 Å². The normalized spacial score (nSPS) is 15.2. The summed E-state index contributed by atoms with van der Waals surface area (Å²) in [6, 6.07) is 8.70. The number of nitrogens with one attached hydrogen (secondary N) is 2. The Kier molecular flexibility index (Phi) is 4.57. The summed E-state index contributed by atoms with van der Waals surface area (Å²) in [4.78, 5) is 30.9. The fourth-order valence-electron chi connectivity index (χ4n) is 3.80. The van der Waals surface area contributed by atoms with Crippen LogP contribution in [0.2, 0.25) is 0 Å². The van der Waals surface area contributed by atoms with E-state index in [0.717, 1.165) is 5.69 Å². The highest BCUT2D eigenvalue weighted by atomic mass is 19.1. The van der Waals surface area contributed by atoms with Crippen molar-refractivity contribution >= 4 is 34.2 Å². The van der Waals surface area contributed by atoms with Gasteiger partial charge in [0, 0.05) is 24.7 Å². The van der Waals surface area contributed by atoms with E-state index in [-0.39, 0.29) is 24.2 Å². The Morgan fingerprint density at radius 2 is 2.07 bits per heavy atom. The third-order valence-corrected chi connectivity index (χ3v) is 5.44. The monoisotopic (exact) mass is 408 g/mol. The van der Waals surface area contributed by atoms with Crippen LogP contribution in [-0.4, -0.2) is 38.9 Å². The van der Waals surface area contributed by atoms with Crippen LogP contribution >= 0.6 is 0 Å². The molecule has 0 unspecified atom stereocenters. The highest BCUT2D eigenvalue weighted by molar-refractivity contribution is 5.79. The maximum absolute atomic E-state index is 13.3. The van der Waals surface area contributed by atoms with E-state index in [0.29, 0.717) is 60.0 Å². The molecule has 0 saturated carbocycles. The second kappa shape index (κ2) is 7.40. The predicted molar refractivity (Wildman–Crippen MR) is 109 cm³/mol. The van der Waals surface area contributed by atoms with Crippen LogP contribution < -0.4 is 10.2 Å². The highest BCUT2D eigenvalue weighted by Gasteiger charge is 2.27. The fourth-order valence-corrected chi connectivity index (χ4v) is 3.80. The Hall–Kier alpha value is -3.49. The molecule has 1 aliphatic rings. The molecule has 2 N–H and O–H groups in total. The number of carbonyl (C=O) groups excluding carboxylic acids is 1. The predicted octanol–water partition coefficient (Wildman–Crippen LogP) is 3.08. The van der Waals surface area contributed by atoms with Gasteiger partial charge in [-0.25, -0.2) is 14.4 Å². The van der Waals surface area contributed by atoms with Crippen LogP contribution in [0.15, 0.2) is 34.7 Å². The number of fused-ring (bicyclic) bond motifs is 2. The molecule has 5 rings (SSSR count). The topological polar surface area (TPSA) is 99.9 Å². The summed E-state index contributed by atoms with van der Waals surface area (Å²) < 4.78 is 19.1. The van der Waals surface area contributed by atoms with Crippen molar-refractivity contribution in [2.45, 2.75) is 26.3 Å². The lowest BCUT2D eigenvalue weighted by molar-refractivity contribution is -0.125. The molecule has 1 fully saturated rings. The number of benzene rings is 1. The largest absolute Gasteiger partial charge is 0.422 e. The number of carbonyl (C=O) groups is 1. The fraction of sp³-hybridized carbons (Fsp3) is 0.333. The van der Waals surface area contributed by atoms with E-state index < -0.39 is 0 Å². The average molecular weight is 408 g/mol. The van der Waals surface area contributed by atoms with E-state index in [2.05, 4.69) is 30.2 Å². The number of imidazole rings is 1. The maximum atomic E-state index is 13.3. The third kappa shape index (κ3) is 3.58. The van der Waals surface area contributed by atoms with Gasteiger partial charge in [-0.3, -0.25) is 4.79 Å². The number of anilines is 1. The molecule has 9 heteroatoms. The summed E-state index contributed by atoms with van der Waals surface area (Å²) in [5.74, 6) is 0.206. The van der Waals surface area contributed by atoms with Crippen molar-refractivity contribution < 1.29 is 13.6 Å². The number of aromatic amines is 1. The number of piperidine rings is 1. The van der Waals surface area contributed by atoms with Crippen molar-refractivity contribution in [1.82, 2.24) is 25.3 Å². The van der Waals surface area contributed by atoms with Gasteiger partial charge in [0.1, 0.15) is 11.6 Å². The van der Waals surface area contributed by atoms with Crippen molar-refractivity contribution in [3.8, 4) is 0 Å². The SMILES string of the molecule is Cc1ccc2oc(N3CCC(C(=O)NCc4nc5ccc(F)cc5[nH]4)CC3)nc2n1. The van der Waals surface area contributed by atoms with E-state index >= 15 is 0 Å². The van der Waals surface area contributed by atoms with Crippen molar-refractivity contribution in [2.24, 2.45) is 5.92 Å². The minimum Gasteiger partial charge on any atom is -0.422 e. The number of aromatic nitrogens is 4. The van der Waals surface area contributed by atoms with Crippen LogP contribution in [0, 0.1) is 18.7 Å². The van der Waals surface area contributed by atoms with Gasteiger partial charge < -0.3 is 19.6 Å². The first-order valence-corrected chi connectivity index (χ1v) is 9.96. The number of halogens is 1. The molecule has 0 atom stereocenters. The molecule has 30 heavy (non-hydrogen) atoms. The van der Waals surface area contributed by atoms with Gasteiger partial charge in [0.25, 0.3) is 6.01 Å². The van der Waals surface area contributed by atoms with E-state index in [1.165, 1.54) is 12.1 Å². The van der Waals surface area contributed by atoms with Gasteiger partial charge in [0.15, 0.2) is 5.58 Å². The number of nitrogens with zero attached hydrogens (tertiary/aromatic N) is 4. The molecule has 0 aliphatic carbocycles. The smallest absolute Gasteiger partial charge is 0.299 e. The van der Waals surface area contributed by atoms with Crippen molar-refractivity contribution in [3.05, 3.63) is 47.7 Å². The quantitative estimate of drug-likeness (QED) is 0.538. The summed E-state index contributed by atoms with van der Waals surface area (Å²) in [6.45, 7) is 3.58. The lowest BCUT2D eigenvalue weighted by Crippen LogP contribution is -2.40. The molecule has 0 spiro atoms. The number of oxazole rings is 1. The second-order valence-corrected chi connectivity index (χ2v) is 7.59. The van der Waals surface area contributed by atoms with Crippen molar-refractivity contribution in [3.63, 3.8) is 0 Å². The van der Waals surface area contributed by atoms with Crippen LogP contribution in [-0.2, 0) is 11.3 Å². The number of amides is 1. The molecule has 3 aromatic heterocycles. The molecule has 8 nitrogen and oxygen atoms in total. The van der Waals surface area contributed by atoms with Crippen LogP contribution in [0.25, 0.3) is 22.3 Å². The minimum atomic E-state index is -0.321. The van der Waals surface area contributed by atoms with Crippen LogP contribution in [0.1, 0.15) is 24.4 Å².